The number of rotatable bonds is 6. The molecule has 3 atom stereocenters. The topological polar surface area (TPSA) is 35.9 Å². The number of thiol groups is 1. The van der Waals surface area contributed by atoms with Gasteiger partial charge in [0.1, 0.15) is 0 Å². The Labute approximate surface area is 141 Å². The van der Waals surface area contributed by atoms with Gasteiger partial charge in [-0.05, 0) is 30.6 Å². The Morgan fingerprint density at radius 3 is 2.41 bits per heavy atom. The van der Waals surface area contributed by atoms with Crippen LogP contribution in [-0.4, -0.2) is 72.3 Å². The molecular weight excluding hydrogens is 296 g/mol. The molecule has 0 aromatic rings. The van der Waals surface area contributed by atoms with Gasteiger partial charge in [0.2, 0.25) is 0 Å². The molecule has 0 unspecified atom stereocenters. The van der Waals surface area contributed by atoms with Gasteiger partial charge in [-0.1, -0.05) is 20.8 Å². The van der Waals surface area contributed by atoms with E-state index in [1.807, 2.05) is 0 Å². The molecule has 2 rings (SSSR count). The molecule has 0 radical (unpaired) electrons. The fourth-order valence-corrected chi connectivity index (χ4v) is 4.41. The van der Waals surface area contributed by atoms with Crippen molar-refractivity contribution in [2.75, 3.05) is 46.1 Å². The van der Waals surface area contributed by atoms with Crippen molar-refractivity contribution in [2.45, 2.75) is 51.4 Å². The van der Waals surface area contributed by atoms with Crippen LogP contribution in [0.4, 0.5) is 0 Å². The summed E-state index contributed by atoms with van der Waals surface area (Å²) in [7, 11) is 0. The highest BCUT2D eigenvalue weighted by Gasteiger charge is 2.32. The summed E-state index contributed by atoms with van der Waals surface area (Å²) in [5.74, 6) is 0.763. The van der Waals surface area contributed by atoms with Gasteiger partial charge in [-0.2, -0.15) is 12.6 Å². The molecule has 0 bridgehead atoms. The van der Waals surface area contributed by atoms with Crippen LogP contribution in [0, 0.1) is 11.3 Å². The minimum atomic E-state index is 0.177. The molecule has 1 saturated heterocycles. The average Bonchev–Trinajstić information content (AvgIpc) is 2.44. The van der Waals surface area contributed by atoms with Crippen LogP contribution in [0.2, 0.25) is 0 Å². The molecule has 5 heteroatoms. The van der Waals surface area contributed by atoms with Crippen molar-refractivity contribution in [1.29, 1.82) is 0 Å². The van der Waals surface area contributed by atoms with Crippen molar-refractivity contribution in [1.82, 2.24) is 9.80 Å². The predicted molar refractivity (Wildman–Crippen MR) is 94.4 cm³/mol. The lowest BCUT2D eigenvalue weighted by Gasteiger charge is -2.39. The number of hydrogen-bond acceptors (Lipinski definition) is 5. The van der Waals surface area contributed by atoms with Crippen LogP contribution in [0.15, 0.2) is 0 Å². The van der Waals surface area contributed by atoms with Gasteiger partial charge >= 0.3 is 0 Å². The summed E-state index contributed by atoms with van der Waals surface area (Å²) >= 11 is 4.72. The molecule has 130 valence electrons. The second-order valence-corrected chi connectivity index (χ2v) is 8.81. The fourth-order valence-electron chi connectivity index (χ4n) is 4.10. The first-order valence-electron chi connectivity index (χ1n) is 8.73. The molecular formula is C17H34N2O2S. The normalized spacial score (nSPS) is 32.0. The lowest BCUT2D eigenvalue weighted by Crippen LogP contribution is -2.48. The van der Waals surface area contributed by atoms with E-state index in [1.54, 1.807) is 0 Å². The summed E-state index contributed by atoms with van der Waals surface area (Å²) in [6.07, 6.45) is 4.08. The Balaban J connectivity index is 1.66. The highest BCUT2D eigenvalue weighted by Crippen LogP contribution is 2.39. The first-order valence-corrected chi connectivity index (χ1v) is 9.25. The highest BCUT2D eigenvalue weighted by atomic mass is 32.1. The van der Waals surface area contributed by atoms with Crippen LogP contribution < -0.4 is 0 Å². The van der Waals surface area contributed by atoms with Gasteiger partial charge in [-0.25, -0.2) is 0 Å². The lowest BCUT2D eigenvalue weighted by atomic mass is 9.71. The largest absolute Gasteiger partial charge is 0.381 e. The van der Waals surface area contributed by atoms with Crippen LogP contribution in [0.3, 0.4) is 0 Å². The van der Waals surface area contributed by atoms with E-state index in [0.29, 0.717) is 11.5 Å². The van der Waals surface area contributed by atoms with Gasteiger partial charge in [-0.3, -0.25) is 9.80 Å². The predicted octanol–water partition coefficient (Wildman–Crippen LogP) is 2.08. The number of piperazine rings is 1. The first kappa shape index (κ1) is 18.5. The molecule has 4 nitrogen and oxygen atoms in total. The Morgan fingerprint density at radius 1 is 1.18 bits per heavy atom. The molecule has 1 N–H and O–H groups in total. The third-order valence-electron chi connectivity index (χ3n) is 5.00. The number of aliphatic hydroxyl groups is 1. The molecule has 1 heterocycles. The summed E-state index contributed by atoms with van der Waals surface area (Å²) in [5, 5.41) is 9.40. The Kier molecular flexibility index (Phi) is 7.02. The first-order chi connectivity index (χ1) is 10.4. The highest BCUT2D eigenvalue weighted by molar-refractivity contribution is 7.81. The minimum absolute atomic E-state index is 0.177. The Morgan fingerprint density at radius 2 is 1.82 bits per heavy atom. The van der Waals surface area contributed by atoms with Crippen LogP contribution in [0.25, 0.3) is 0 Å². The van der Waals surface area contributed by atoms with Gasteiger partial charge < -0.3 is 9.84 Å². The summed E-state index contributed by atoms with van der Waals surface area (Å²) < 4.78 is 6.18. The third-order valence-corrected chi connectivity index (χ3v) is 5.32. The summed E-state index contributed by atoms with van der Waals surface area (Å²) in [5.41, 5.74) is 0.412. The van der Waals surface area contributed by atoms with E-state index < -0.39 is 0 Å². The molecule has 0 spiro atoms. The standard InChI is InChI=1S/C17H34N2O2S/c1-14-8-15(10-17(2,3)9-14)21-12-16(22)11-18-4-6-19(13-20)7-5-18/h14-16,20,22H,4-13H2,1-3H3/t14-,15+,16-/m1/s1. The molecule has 0 aromatic heterocycles. The van der Waals surface area contributed by atoms with E-state index in [1.165, 1.54) is 19.3 Å². The minimum Gasteiger partial charge on any atom is -0.381 e. The van der Waals surface area contributed by atoms with Crippen molar-refractivity contribution in [2.24, 2.45) is 11.3 Å². The van der Waals surface area contributed by atoms with Crippen molar-refractivity contribution in [3.8, 4) is 0 Å². The number of ether oxygens (including phenoxy) is 1. The average molecular weight is 331 g/mol. The van der Waals surface area contributed by atoms with E-state index in [4.69, 9.17) is 22.5 Å². The van der Waals surface area contributed by atoms with Crippen molar-refractivity contribution < 1.29 is 9.84 Å². The molecule has 1 saturated carbocycles. The van der Waals surface area contributed by atoms with E-state index in [9.17, 15) is 0 Å². The van der Waals surface area contributed by atoms with Crippen LogP contribution in [0.5, 0.6) is 0 Å². The molecule has 22 heavy (non-hydrogen) atoms. The SMILES string of the molecule is C[C@@H]1C[C@H](OC[C@H](S)CN2CCN(CO)CC2)CC(C)(C)C1. The Hall–Kier alpha value is 0.190. The smallest absolute Gasteiger partial charge is 0.0957 e. The van der Waals surface area contributed by atoms with E-state index in [2.05, 4.69) is 30.6 Å². The van der Waals surface area contributed by atoms with E-state index in [0.717, 1.165) is 45.2 Å². The lowest BCUT2D eigenvalue weighted by molar-refractivity contribution is -0.0250. The molecule has 0 amide bonds. The van der Waals surface area contributed by atoms with Crippen LogP contribution in [-0.2, 0) is 4.74 Å². The van der Waals surface area contributed by atoms with Gasteiger partial charge in [0.25, 0.3) is 0 Å². The fraction of sp³-hybridized carbons (Fsp3) is 1.00. The van der Waals surface area contributed by atoms with Crippen LogP contribution in [0.1, 0.15) is 40.0 Å². The maximum atomic E-state index is 9.12. The molecule has 1 aliphatic carbocycles. The number of aliphatic hydroxyl groups excluding tert-OH is 1. The zero-order valence-corrected chi connectivity index (χ0v) is 15.4. The Bertz CT molecular complexity index is 333. The van der Waals surface area contributed by atoms with E-state index >= 15 is 0 Å². The molecule has 2 aliphatic rings. The summed E-state index contributed by atoms with van der Waals surface area (Å²) in [6, 6.07) is 0. The quantitative estimate of drug-likeness (QED) is 0.731. The van der Waals surface area contributed by atoms with Gasteiger partial charge in [0.15, 0.2) is 0 Å². The van der Waals surface area contributed by atoms with Crippen molar-refractivity contribution in [3.05, 3.63) is 0 Å². The van der Waals surface area contributed by atoms with Crippen LogP contribution >= 0.6 is 12.6 Å². The zero-order valence-electron chi connectivity index (χ0n) is 14.5. The summed E-state index contributed by atoms with van der Waals surface area (Å²) in [6.45, 7) is 12.9. The van der Waals surface area contributed by atoms with Gasteiger partial charge in [0.05, 0.1) is 19.4 Å². The van der Waals surface area contributed by atoms with Crippen molar-refractivity contribution in [3.63, 3.8) is 0 Å². The third kappa shape index (κ3) is 6.00. The zero-order chi connectivity index (χ0) is 16.2. The molecule has 2 fully saturated rings. The van der Waals surface area contributed by atoms with Crippen molar-refractivity contribution >= 4 is 12.6 Å². The molecule has 1 aliphatic heterocycles. The van der Waals surface area contributed by atoms with Gasteiger partial charge in [-0.15, -0.1) is 0 Å². The van der Waals surface area contributed by atoms with Gasteiger partial charge in [0, 0.05) is 38.0 Å². The number of hydrogen-bond donors (Lipinski definition) is 2. The molecule has 0 aromatic carbocycles. The second-order valence-electron chi connectivity index (χ2n) is 8.08. The maximum Gasteiger partial charge on any atom is 0.0957 e. The monoisotopic (exact) mass is 330 g/mol. The second kappa shape index (κ2) is 8.34. The summed E-state index contributed by atoms with van der Waals surface area (Å²) in [4.78, 5) is 4.51. The number of nitrogens with zero attached hydrogens (tertiary/aromatic N) is 2. The maximum absolute atomic E-state index is 9.12. The van der Waals surface area contributed by atoms with E-state index in [-0.39, 0.29) is 12.0 Å².